The number of amides is 4. The minimum Gasteiger partial charge on any atom is -0.475 e. The molecule has 2 aromatic heterocycles. The maximum absolute atomic E-state index is 12.1. The highest BCUT2D eigenvalue weighted by molar-refractivity contribution is 7.90. The van der Waals surface area contributed by atoms with Crippen LogP contribution in [0.4, 0.5) is 9.59 Å². The summed E-state index contributed by atoms with van der Waals surface area (Å²) in [5, 5.41) is 21.1. The second kappa shape index (κ2) is 12.5. The van der Waals surface area contributed by atoms with Gasteiger partial charge in [0, 0.05) is 36.3 Å². The molecular weight excluding hydrogens is 552 g/mol. The molecule has 0 atom stereocenters. The number of carboxylic acid groups (broad SMARTS) is 2. The van der Waals surface area contributed by atoms with Crippen LogP contribution < -0.4 is 20.1 Å². The average molecular weight is 579 g/mol. The van der Waals surface area contributed by atoms with Crippen molar-refractivity contribution in [3.8, 4) is 0 Å². The molecule has 18 heteroatoms. The predicted octanol–water partition coefficient (Wildman–Crippen LogP) is 1.12. The molecule has 38 heavy (non-hydrogen) atoms. The average Bonchev–Trinajstić information content (AvgIpc) is 3.39. The Hall–Kier alpha value is -4.06. The summed E-state index contributed by atoms with van der Waals surface area (Å²) in [7, 11) is -8.81. The SMILES string of the molecule is Cc1cc(S(=O)(=O)NC(=O)NCCCCCCNC(=O)NS(=O)(=O)c2cc(C)c(C(=O)O)o2)oc1C(=O)O. The summed E-state index contributed by atoms with van der Waals surface area (Å²) < 4.78 is 61.5. The van der Waals surface area contributed by atoms with Crippen molar-refractivity contribution in [1.82, 2.24) is 20.1 Å². The third kappa shape index (κ3) is 8.23. The van der Waals surface area contributed by atoms with Crippen LogP contribution in [-0.4, -0.2) is 64.1 Å². The number of hydrogen-bond donors (Lipinski definition) is 6. The van der Waals surface area contributed by atoms with Crippen molar-refractivity contribution in [1.29, 1.82) is 0 Å². The van der Waals surface area contributed by atoms with Crippen molar-refractivity contribution in [2.75, 3.05) is 13.1 Å². The number of nitrogens with one attached hydrogen (secondary N) is 4. The van der Waals surface area contributed by atoms with E-state index in [2.05, 4.69) is 10.6 Å². The van der Waals surface area contributed by atoms with E-state index in [0.717, 1.165) is 12.1 Å². The molecule has 4 amide bonds. The summed E-state index contributed by atoms with van der Waals surface area (Å²) in [6.45, 7) is 2.92. The fourth-order valence-corrected chi connectivity index (χ4v) is 4.90. The molecule has 0 bridgehead atoms. The van der Waals surface area contributed by atoms with Crippen molar-refractivity contribution >= 4 is 44.0 Å². The Morgan fingerprint density at radius 3 is 1.32 bits per heavy atom. The van der Waals surface area contributed by atoms with Gasteiger partial charge in [0.05, 0.1) is 0 Å². The number of carbonyl (C=O) groups is 4. The quantitative estimate of drug-likeness (QED) is 0.183. The van der Waals surface area contributed by atoms with Gasteiger partial charge >= 0.3 is 24.0 Å². The van der Waals surface area contributed by atoms with E-state index < -0.39 is 65.8 Å². The largest absolute Gasteiger partial charge is 0.475 e. The molecule has 0 saturated carbocycles. The molecule has 16 nitrogen and oxygen atoms in total. The van der Waals surface area contributed by atoms with E-state index in [-0.39, 0.29) is 24.2 Å². The summed E-state index contributed by atoms with van der Waals surface area (Å²) in [6.07, 6.45) is 2.08. The van der Waals surface area contributed by atoms with Gasteiger partial charge in [-0.1, -0.05) is 12.8 Å². The van der Waals surface area contributed by atoms with Crippen molar-refractivity contribution in [2.24, 2.45) is 0 Å². The van der Waals surface area contributed by atoms with Gasteiger partial charge in [0.2, 0.25) is 21.7 Å². The first-order valence-corrected chi connectivity index (χ1v) is 13.9. The third-order valence-electron chi connectivity index (χ3n) is 4.84. The van der Waals surface area contributed by atoms with Crippen LogP contribution in [0.3, 0.4) is 0 Å². The Bertz CT molecular complexity index is 1320. The minimum atomic E-state index is -4.41. The van der Waals surface area contributed by atoms with Crippen LogP contribution in [0.25, 0.3) is 0 Å². The predicted molar refractivity (Wildman–Crippen MR) is 127 cm³/mol. The van der Waals surface area contributed by atoms with Gasteiger partial charge in [0.15, 0.2) is 0 Å². The first-order valence-electron chi connectivity index (χ1n) is 10.9. The van der Waals surface area contributed by atoms with Crippen molar-refractivity contribution in [2.45, 2.75) is 49.7 Å². The Balaban J connectivity index is 1.64. The first-order chi connectivity index (χ1) is 17.6. The lowest BCUT2D eigenvalue weighted by Gasteiger charge is -2.08. The van der Waals surface area contributed by atoms with Crippen LogP contribution in [0.5, 0.6) is 0 Å². The Morgan fingerprint density at radius 2 is 1.03 bits per heavy atom. The van der Waals surface area contributed by atoms with Crippen LogP contribution in [0, 0.1) is 13.8 Å². The highest BCUT2D eigenvalue weighted by Gasteiger charge is 2.26. The third-order valence-corrected chi connectivity index (χ3v) is 7.21. The highest BCUT2D eigenvalue weighted by atomic mass is 32.2. The molecule has 0 aliphatic carbocycles. The molecule has 210 valence electrons. The van der Waals surface area contributed by atoms with Gasteiger partial charge in [0.25, 0.3) is 20.0 Å². The number of furan rings is 2. The fourth-order valence-electron chi connectivity index (χ4n) is 3.02. The number of unbranched alkanes of at least 4 members (excludes halogenated alkanes) is 3. The number of carbonyl (C=O) groups excluding carboxylic acids is 2. The molecule has 0 aliphatic rings. The standard InChI is InChI=1S/C20H26N4O12S2/c1-11-9-13(35-15(11)17(25)26)37(31,32)23-19(29)21-7-5-3-4-6-8-22-20(30)24-38(33,34)14-10-12(2)16(36-14)18(27)28/h9-10H,3-8H2,1-2H3,(H,25,26)(H,27,28)(H2,21,23,29)(H2,22,24,30). The van der Waals surface area contributed by atoms with Gasteiger partial charge < -0.3 is 29.7 Å². The molecule has 0 aromatic carbocycles. The zero-order valence-electron chi connectivity index (χ0n) is 20.2. The zero-order valence-corrected chi connectivity index (χ0v) is 21.8. The van der Waals surface area contributed by atoms with Crippen LogP contribution in [-0.2, 0) is 20.0 Å². The topological polar surface area (TPSA) is 251 Å². The Kier molecular flexibility index (Phi) is 9.89. The number of rotatable bonds is 13. The van der Waals surface area contributed by atoms with Gasteiger partial charge in [-0.05, 0) is 26.7 Å². The van der Waals surface area contributed by atoms with E-state index >= 15 is 0 Å². The summed E-state index contributed by atoms with van der Waals surface area (Å²) in [5.74, 6) is -4.01. The number of urea groups is 2. The highest BCUT2D eigenvalue weighted by Crippen LogP contribution is 2.20. The van der Waals surface area contributed by atoms with Crippen molar-refractivity contribution < 1.29 is 55.1 Å². The molecule has 2 heterocycles. The van der Waals surface area contributed by atoms with Crippen molar-refractivity contribution in [3.63, 3.8) is 0 Å². The van der Waals surface area contributed by atoms with E-state index in [4.69, 9.17) is 19.0 Å². The second-order valence-electron chi connectivity index (χ2n) is 7.90. The molecule has 0 fully saturated rings. The normalized spacial score (nSPS) is 11.5. The summed E-state index contributed by atoms with van der Waals surface area (Å²) in [4.78, 5) is 45.6. The summed E-state index contributed by atoms with van der Waals surface area (Å²) in [6, 6.07) is -0.0957. The molecule has 0 aliphatic heterocycles. The van der Waals surface area contributed by atoms with E-state index in [1.807, 2.05) is 0 Å². The lowest BCUT2D eigenvalue weighted by atomic mass is 10.2. The maximum Gasteiger partial charge on any atom is 0.372 e. The minimum absolute atomic E-state index is 0.0776. The molecule has 2 rings (SSSR count). The van der Waals surface area contributed by atoms with Crippen LogP contribution in [0.1, 0.15) is 57.9 Å². The Labute approximate surface area is 216 Å². The van der Waals surface area contributed by atoms with Crippen LogP contribution >= 0.6 is 0 Å². The maximum atomic E-state index is 12.1. The van der Waals surface area contributed by atoms with Gasteiger partial charge in [0.1, 0.15) is 0 Å². The lowest BCUT2D eigenvalue weighted by molar-refractivity contribution is 0.0645. The number of carboxylic acids is 2. The van der Waals surface area contributed by atoms with Crippen LogP contribution in [0.15, 0.2) is 31.2 Å². The van der Waals surface area contributed by atoms with Gasteiger partial charge in [-0.2, -0.15) is 16.8 Å². The van der Waals surface area contributed by atoms with Crippen LogP contribution in [0.2, 0.25) is 0 Å². The molecule has 0 unspecified atom stereocenters. The Morgan fingerprint density at radius 1 is 0.684 bits per heavy atom. The molecule has 0 spiro atoms. The first kappa shape index (κ1) is 30.2. The molecule has 2 aromatic rings. The van der Waals surface area contributed by atoms with Gasteiger partial charge in [-0.25, -0.2) is 28.6 Å². The van der Waals surface area contributed by atoms with Crippen molar-refractivity contribution in [3.05, 3.63) is 34.8 Å². The molecule has 6 N–H and O–H groups in total. The van der Waals surface area contributed by atoms with E-state index in [9.17, 15) is 36.0 Å². The summed E-state index contributed by atoms with van der Waals surface area (Å²) >= 11 is 0. The monoisotopic (exact) mass is 578 g/mol. The second-order valence-corrected chi connectivity index (χ2v) is 11.1. The molecular formula is C20H26N4O12S2. The van der Waals surface area contributed by atoms with E-state index in [1.54, 1.807) is 9.44 Å². The van der Waals surface area contributed by atoms with Gasteiger partial charge in [-0.3, -0.25) is 0 Å². The number of hydrogen-bond acceptors (Lipinski definition) is 10. The lowest BCUT2D eigenvalue weighted by Crippen LogP contribution is -2.39. The molecule has 0 saturated heterocycles. The number of aromatic carboxylic acids is 2. The van der Waals surface area contributed by atoms with Gasteiger partial charge in [-0.15, -0.1) is 0 Å². The zero-order chi connectivity index (χ0) is 28.7. The smallest absolute Gasteiger partial charge is 0.372 e. The number of aryl methyl sites for hydroxylation is 2. The van der Waals surface area contributed by atoms with E-state index in [0.29, 0.717) is 25.7 Å². The summed E-state index contributed by atoms with van der Waals surface area (Å²) in [5.41, 5.74) is 0.155. The fraction of sp³-hybridized carbons (Fsp3) is 0.400. The number of sulfonamides is 2. The molecule has 0 radical (unpaired) electrons. The van der Waals surface area contributed by atoms with E-state index in [1.165, 1.54) is 13.8 Å².